The van der Waals surface area contributed by atoms with E-state index in [1.807, 2.05) is 12.1 Å². The minimum Gasteiger partial charge on any atom is -0.447 e. The van der Waals surface area contributed by atoms with Gasteiger partial charge in [0.15, 0.2) is 0 Å². The monoisotopic (exact) mass is 370 g/mol. The van der Waals surface area contributed by atoms with Crippen LogP contribution in [0.15, 0.2) is 48.5 Å². The van der Waals surface area contributed by atoms with Gasteiger partial charge in [-0.05, 0) is 35.4 Å². The Balaban J connectivity index is 1.35. The molecule has 2 aromatic carbocycles. The molecule has 6 nitrogen and oxygen atoms in total. The predicted molar refractivity (Wildman–Crippen MR) is 95.7 cm³/mol. The van der Waals surface area contributed by atoms with Crippen LogP contribution >= 0.6 is 0 Å². The molecule has 4 rings (SSSR count). The second-order valence-corrected chi connectivity index (χ2v) is 6.90. The van der Waals surface area contributed by atoms with Crippen molar-refractivity contribution in [3.05, 3.63) is 65.5 Å². The highest BCUT2D eigenvalue weighted by atomic mass is 19.1. The Kier molecular flexibility index (Phi) is 4.31. The Hall–Kier alpha value is -2.93. The number of cyclic esters (lactones) is 1. The number of halogens is 1. The first kappa shape index (κ1) is 17.5. The van der Waals surface area contributed by atoms with E-state index in [4.69, 9.17) is 4.74 Å². The lowest BCUT2D eigenvalue weighted by molar-refractivity contribution is -0.156. The lowest BCUT2D eigenvalue weighted by Crippen LogP contribution is -2.61. The number of carbonyl (C=O) groups excluding carboxylic acids is 2. The Morgan fingerprint density at radius 3 is 2.37 bits per heavy atom. The van der Waals surface area contributed by atoms with Gasteiger partial charge < -0.3 is 14.7 Å². The molecule has 0 spiro atoms. The number of amides is 2. The highest BCUT2D eigenvalue weighted by Crippen LogP contribution is 2.32. The molecule has 2 heterocycles. The molecule has 0 aliphatic carbocycles. The van der Waals surface area contributed by atoms with Gasteiger partial charge >= 0.3 is 6.09 Å². The summed E-state index contributed by atoms with van der Waals surface area (Å²) in [5, 5.41) is 10.6. The molecule has 2 saturated heterocycles. The van der Waals surface area contributed by atoms with Gasteiger partial charge in [-0.1, -0.05) is 24.3 Å². The van der Waals surface area contributed by atoms with Crippen LogP contribution in [0, 0.1) is 5.82 Å². The van der Waals surface area contributed by atoms with Gasteiger partial charge in [0.1, 0.15) is 18.0 Å². The fraction of sp³-hybridized carbons (Fsp3) is 0.300. The zero-order chi connectivity index (χ0) is 19.0. The minimum atomic E-state index is -1.12. The Morgan fingerprint density at radius 2 is 1.78 bits per heavy atom. The molecule has 7 heteroatoms. The highest BCUT2D eigenvalue weighted by Gasteiger charge is 2.44. The summed E-state index contributed by atoms with van der Waals surface area (Å²) in [5.74, 6) is -0.449. The molecule has 0 saturated carbocycles. The van der Waals surface area contributed by atoms with Crippen molar-refractivity contribution in [2.45, 2.75) is 12.0 Å². The summed E-state index contributed by atoms with van der Waals surface area (Å²) in [6, 6.07) is 12.9. The Morgan fingerprint density at radius 1 is 1.11 bits per heavy atom. The van der Waals surface area contributed by atoms with Crippen LogP contribution in [-0.4, -0.2) is 48.2 Å². The number of carbonyl (C=O) groups is 2. The van der Waals surface area contributed by atoms with Crippen LogP contribution in [0.3, 0.4) is 0 Å². The fourth-order valence-electron chi connectivity index (χ4n) is 3.41. The number of nitrogens with zero attached hydrogens (tertiary/aromatic N) is 2. The van der Waals surface area contributed by atoms with Crippen molar-refractivity contribution in [3.8, 4) is 0 Å². The normalized spacial score (nSPS) is 18.2. The van der Waals surface area contributed by atoms with Crippen LogP contribution in [0.5, 0.6) is 0 Å². The quantitative estimate of drug-likeness (QED) is 0.894. The number of benzene rings is 2. The molecule has 1 N–H and O–H groups in total. The summed E-state index contributed by atoms with van der Waals surface area (Å²) in [6.07, 6.45) is -0.149. The molecule has 0 radical (unpaired) electrons. The zero-order valence-corrected chi connectivity index (χ0v) is 14.6. The van der Waals surface area contributed by atoms with Crippen molar-refractivity contribution in [1.29, 1.82) is 0 Å². The number of rotatable bonds is 4. The van der Waals surface area contributed by atoms with Crippen LogP contribution in [0.25, 0.3) is 0 Å². The van der Waals surface area contributed by atoms with Gasteiger partial charge in [-0.25, -0.2) is 9.18 Å². The van der Waals surface area contributed by atoms with E-state index >= 15 is 0 Å². The van der Waals surface area contributed by atoms with E-state index in [0.717, 1.165) is 11.3 Å². The van der Waals surface area contributed by atoms with Gasteiger partial charge in [0.25, 0.3) is 0 Å². The summed E-state index contributed by atoms with van der Waals surface area (Å²) in [7, 11) is 0. The van der Waals surface area contributed by atoms with E-state index in [1.54, 1.807) is 34.1 Å². The number of ether oxygens (including phenoxy) is 1. The number of hydrogen-bond acceptors (Lipinski definition) is 4. The second-order valence-electron chi connectivity index (χ2n) is 6.90. The molecule has 27 heavy (non-hydrogen) atoms. The smallest absolute Gasteiger partial charge is 0.414 e. The molecule has 2 aromatic rings. The summed E-state index contributed by atoms with van der Waals surface area (Å²) in [6.45, 7) is 1.28. The molecule has 2 fully saturated rings. The number of β-amino-alcohol motifs (C(OH)–C–C–N with tert-alkyl or cyclic N) is 1. The molecule has 0 aromatic heterocycles. The third-order valence-corrected chi connectivity index (χ3v) is 5.00. The van der Waals surface area contributed by atoms with Crippen molar-refractivity contribution in [3.63, 3.8) is 0 Å². The first-order chi connectivity index (χ1) is 12.9. The number of anilines is 1. The van der Waals surface area contributed by atoms with Crippen LogP contribution in [0.1, 0.15) is 11.1 Å². The number of likely N-dealkylation sites (tertiary alicyclic amines) is 1. The van der Waals surface area contributed by atoms with Crippen molar-refractivity contribution >= 4 is 17.7 Å². The maximum absolute atomic E-state index is 13.0. The topological polar surface area (TPSA) is 70.1 Å². The van der Waals surface area contributed by atoms with E-state index < -0.39 is 5.60 Å². The zero-order valence-electron chi connectivity index (χ0n) is 14.6. The van der Waals surface area contributed by atoms with Crippen molar-refractivity contribution in [2.24, 2.45) is 0 Å². The molecule has 2 amide bonds. The lowest BCUT2D eigenvalue weighted by Gasteiger charge is -2.46. The van der Waals surface area contributed by atoms with Gasteiger partial charge in [0.2, 0.25) is 5.91 Å². The Bertz CT molecular complexity index is 861. The van der Waals surface area contributed by atoms with Gasteiger partial charge in [0, 0.05) is 5.69 Å². The van der Waals surface area contributed by atoms with E-state index in [0.29, 0.717) is 18.7 Å². The lowest BCUT2D eigenvalue weighted by atomic mass is 9.85. The Labute approximate surface area is 155 Å². The summed E-state index contributed by atoms with van der Waals surface area (Å²) in [4.78, 5) is 27.1. The summed E-state index contributed by atoms with van der Waals surface area (Å²) >= 11 is 0. The molecule has 140 valence electrons. The fourth-order valence-corrected chi connectivity index (χ4v) is 3.41. The summed E-state index contributed by atoms with van der Waals surface area (Å²) < 4.78 is 17.9. The number of hydrogen-bond donors (Lipinski definition) is 1. The highest BCUT2D eigenvalue weighted by molar-refractivity contribution is 5.89. The first-order valence-corrected chi connectivity index (χ1v) is 8.74. The van der Waals surface area contributed by atoms with E-state index in [2.05, 4.69) is 0 Å². The minimum absolute atomic E-state index is 0.0879. The first-order valence-electron chi connectivity index (χ1n) is 8.74. The van der Waals surface area contributed by atoms with Gasteiger partial charge in [-0.3, -0.25) is 9.69 Å². The number of aliphatic hydroxyl groups is 1. The van der Waals surface area contributed by atoms with E-state index in [1.165, 1.54) is 12.1 Å². The van der Waals surface area contributed by atoms with E-state index in [9.17, 15) is 19.1 Å². The molecular formula is C20H19FN2O4. The summed E-state index contributed by atoms with van der Waals surface area (Å²) in [5.41, 5.74) is 1.05. The SMILES string of the molecule is O=C(Cc1ccc(N2CCOC2=O)cc1)N1CC(O)(c2ccc(F)cc2)C1. The molecule has 0 bridgehead atoms. The van der Waals surface area contributed by atoms with Gasteiger partial charge in [0.05, 0.1) is 26.1 Å². The maximum Gasteiger partial charge on any atom is 0.414 e. The molecule has 2 aliphatic rings. The third kappa shape index (κ3) is 3.38. The van der Waals surface area contributed by atoms with Gasteiger partial charge in [-0.15, -0.1) is 0 Å². The van der Waals surface area contributed by atoms with Crippen LogP contribution in [0.4, 0.5) is 14.9 Å². The standard InChI is InChI=1S/C20H19FN2O4/c21-16-5-3-15(4-6-16)20(26)12-22(13-20)18(24)11-14-1-7-17(8-2-14)23-9-10-27-19(23)25/h1-8,26H,9-13H2. The second kappa shape index (κ2) is 6.66. The third-order valence-electron chi connectivity index (χ3n) is 5.00. The van der Waals surface area contributed by atoms with E-state index in [-0.39, 0.29) is 37.3 Å². The average molecular weight is 370 g/mol. The van der Waals surface area contributed by atoms with Crippen LogP contribution in [0.2, 0.25) is 0 Å². The van der Waals surface area contributed by atoms with Crippen molar-refractivity contribution in [2.75, 3.05) is 31.1 Å². The van der Waals surface area contributed by atoms with Crippen LogP contribution < -0.4 is 4.90 Å². The molecular weight excluding hydrogens is 351 g/mol. The molecule has 0 atom stereocenters. The van der Waals surface area contributed by atoms with Crippen molar-refractivity contribution < 1.29 is 23.8 Å². The molecule has 0 unspecified atom stereocenters. The average Bonchev–Trinajstić information content (AvgIpc) is 3.06. The van der Waals surface area contributed by atoms with Gasteiger partial charge in [-0.2, -0.15) is 0 Å². The van der Waals surface area contributed by atoms with Crippen LogP contribution in [-0.2, 0) is 21.6 Å². The maximum atomic E-state index is 13.0. The van der Waals surface area contributed by atoms with Crippen molar-refractivity contribution in [1.82, 2.24) is 4.90 Å². The predicted octanol–water partition coefficient (Wildman–Crippen LogP) is 2.05. The largest absolute Gasteiger partial charge is 0.447 e. The molecule has 2 aliphatic heterocycles.